The minimum atomic E-state index is -0.0660. The van der Waals surface area contributed by atoms with Gasteiger partial charge in [-0.3, -0.25) is 0 Å². The second-order valence-electron chi connectivity index (χ2n) is 4.40. The molecule has 0 N–H and O–H groups in total. The van der Waals surface area contributed by atoms with Gasteiger partial charge in [0.05, 0.1) is 5.02 Å². The van der Waals surface area contributed by atoms with Crippen molar-refractivity contribution in [3.63, 3.8) is 0 Å². The van der Waals surface area contributed by atoms with Crippen LogP contribution in [0.15, 0.2) is 6.07 Å². The van der Waals surface area contributed by atoms with Crippen molar-refractivity contribution in [2.75, 3.05) is 0 Å². The molecule has 14 heavy (non-hydrogen) atoms. The van der Waals surface area contributed by atoms with E-state index in [1.54, 1.807) is 6.07 Å². The van der Waals surface area contributed by atoms with Gasteiger partial charge in [0.15, 0.2) is 0 Å². The maximum Gasteiger partial charge on any atom is 0.0502 e. The van der Waals surface area contributed by atoms with Crippen LogP contribution in [-0.2, 0) is 5.41 Å². The third-order valence-electron chi connectivity index (χ3n) is 2.15. The summed E-state index contributed by atoms with van der Waals surface area (Å²) in [5.74, 6) is 0. The number of benzene rings is 1. The Morgan fingerprint density at radius 3 is 1.93 bits per heavy atom. The highest BCUT2D eigenvalue weighted by Gasteiger charge is 2.23. The molecule has 0 aliphatic heterocycles. The first kappa shape index (κ1) is 12.2. The van der Waals surface area contributed by atoms with Crippen LogP contribution in [0.5, 0.6) is 0 Å². The molecule has 0 spiro atoms. The quantitative estimate of drug-likeness (QED) is 0.590. The minimum Gasteiger partial charge on any atom is -0.0839 e. The zero-order valence-corrected chi connectivity index (χ0v) is 11.0. The van der Waals surface area contributed by atoms with Crippen molar-refractivity contribution >= 4 is 34.8 Å². The van der Waals surface area contributed by atoms with Crippen molar-refractivity contribution < 1.29 is 0 Å². The Morgan fingerprint density at radius 1 is 1.00 bits per heavy atom. The van der Waals surface area contributed by atoms with E-state index in [0.717, 1.165) is 11.1 Å². The fourth-order valence-corrected chi connectivity index (χ4v) is 2.71. The highest BCUT2D eigenvalue weighted by atomic mass is 35.5. The number of hydrogen-bond donors (Lipinski definition) is 0. The van der Waals surface area contributed by atoms with Crippen molar-refractivity contribution in [1.82, 2.24) is 0 Å². The molecule has 1 rings (SSSR count). The van der Waals surface area contributed by atoms with Gasteiger partial charge < -0.3 is 0 Å². The predicted molar refractivity (Wildman–Crippen MR) is 64.9 cm³/mol. The van der Waals surface area contributed by atoms with E-state index in [4.69, 9.17) is 34.8 Å². The largest absolute Gasteiger partial charge is 0.0839 e. The van der Waals surface area contributed by atoms with E-state index >= 15 is 0 Å². The molecule has 1 aromatic carbocycles. The van der Waals surface area contributed by atoms with Gasteiger partial charge >= 0.3 is 0 Å². The molecule has 1 aromatic rings. The molecule has 0 bridgehead atoms. The molecule has 0 atom stereocenters. The zero-order valence-electron chi connectivity index (χ0n) is 8.71. The highest BCUT2D eigenvalue weighted by molar-refractivity contribution is 6.40. The van der Waals surface area contributed by atoms with Crippen LogP contribution in [0.4, 0.5) is 0 Å². The second kappa shape index (κ2) is 3.92. The summed E-state index contributed by atoms with van der Waals surface area (Å²) in [5.41, 5.74) is 1.79. The molecule has 0 amide bonds. The Labute approximate surface area is 100 Å². The maximum absolute atomic E-state index is 6.22. The molecule has 0 radical (unpaired) electrons. The lowest BCUT2D eigenvalue weighted by Crippen LogP contribution is -2.13. The summed E-state index contributed by atoms with van der Waals surface area (Å²) in [5, 5.41) is 1.93. The zero-order chi connectivity index (χ0) is 11.1. The van der Waals surface area contributed by atoms with Gasteiger partial charge in [0.25, 0.3) is 0 Å². The Morgan fingerprint density at radius 2 is 1.50 bits per heavy atom. The van der Waals surface area contributed by atoms with Gasteiger partial charge in [-0.2, -0.15) is 0 Å². The van der Waals surface area contributed by atoms with Crippen molar-refractivity contribution in [3.8, 4) is 0 Å². The van der Waals surface area contributed by atoms with Gasteiger partial charge in [-0.25, -0.2) is 0 Å². The van der Waals surface area contributed by atoms with Crippen LogP contribution in [0.1, 0.15) is 31.9 Å². The molecule has 78 valence electrons. The summed E-state index contributed by atoms with van der Waals surface area (Å²) in [6.45, 7) is 8.13. The molecule has 0 heterocycles. The van der Waals surface area contributed by atoms with Gasteiger partial charge in [-0.15, -0.1) is 0 Å². The van der Waals surface area contributed by atoms with Gasteiger partial charge in [-0.05, 0) is 29.5 Å². The van der Waals surface area contributed by atoms with E-state index < -0.39 is 0 Å². The fraction of sp³-hybridized carbons (Fsp3) is 0.455. The van der Waals surface area contributed by atoms with E-state index in [2.05, 4.69) is 20.8 Å². The number of rotatable bonds is 0. The average Bonchev–Trinajstić information content (AvgIpc) is 1.97. The molecule has 0 aromatic heterocycles. The van der Waals surface area contributed by atoms with Crippen LogP contribution < -0.4 is 0 Å². The lowest BCUT2D eigenvalue weighted by atomic mass is 9.86. The lowest BCUT2D eigenvalue weighted by Gasteiger charge is -2.23. The van der Waals surface area contributed by atoms with Crippen LogP contribution in [0.25, 0.3) is 0 Å². The molecular formula is C11H13Cl3. The van der Waals surface area contributed by atoms with E-state index in [1.165, 1.54) is 0 Å². The van der Waals surface area contributed by atoms with Crippen LogP contribution in [-0.4, -0.2) is 0 Å². The maximum atomic E-state index is 6.22. The van der Waals surface area contributed by atoms with Crippen LogP contribution >= 0.6 is 34.8 Å². The van der Waals surface area contributed by atoms with Crippen molar-refractivity contribution in [2.45, 2.75) is 33.1 Å². The topological polar surface area (TPSA) is 0 Å². The highest BCUT2D eigenvalue weighted by Crippen LogP contribution is 2.40. The first-order chi connectivity index (χ1) is 6.25. The summed E-state index contributed by atoms with van der Waals surface area (Å²) < 4.78 is 0. The molecule has 0 unspecified atom stereocenters. The molecule has 0 fully saturated rings. The third-order valence-corrected chi connectivity index (χ3v) is 3.31. The van der Waals surface area contributed by atoms with Gasteiger partial charge in [-0.1, -0.05) is 55.6 Å². The van der Waals surface area contributed by atoms with Crippen LogP contribution in [0.2, 0.25) is 15.1 Å². The summed E-state index contributed by atoms with van der Waals surface area (Å²) in [6.07, 6.45) is 0. The first-order valence-electron chi connectivity index (χ1n) is 4.39. The molecule has 0 aliphatic rings. The van der Waals surface area contributed by atoms with Crippen molar-refractivity contribution in [3.05, 3.63) is 32.3 Å². The van der Waals surface area contributed by atoms with E-state index in [-0.39, 0.29) is 5.41 Å². The summed E-state index contributed by atoms with van der Waals surface area (Å²) in [6, 6.07) is 1.75. The third kappa shape index (κ3) is 2.18. The van der Waals surface area contributed by atoms with Gasteiger partial charge in [0.2, 0.25) is 0 Å². The molecule has 0 saturated heterocycles. The van der Waals surface area contributed by atoms with Gasteiger partial charge in [0.1, 0.15) is 0 Å². The molecular weight excluding hydrogens is 238 g/mol. The predicted octanol–water partition coefficient (Wildman–Crippen LogP) is 5.25. The van der Waals surface area contributed by atoms with Gasteiger partial charge in [0, 0.05) is 10.0 Å². The molecule has 0 nitrogen and oxygen atoms in total. The SMILES string of the molecule is Cc1c(Cl)cc(Cl)c(C(C)(C)C)c1Cl. The van der Waals surface area contributed by atoms with Crippen molar-refractivity contribution in [2.24, 2.45) is 0 Å². The van der Waals surface area contributed by atoms with Crippen LogP contribution in [0, 0.1) is 6.92 Å². The van der Waals surface area contributed by atoms with E-state index in [9.17, 15) is 0 Å². The smallest absolute Gasteiger partial charge is 0.0502 e. The van der Waals surface area contributed by atoms with E-state index in [1.807, 2.05) is 6.92 Å². The molecule has 0 saturated carbocycles. The summed E-state index contributed by atoms with van der Waals surface area (Å²) in [4.78, 5) is 0. The monoisotopic (exact) mass is 250 g/mol. The van der Waals surface area contributed by atoms with Crippen LogP contribution in [0.3, 0.4) is 0 Å². The van der Waals surface area contributed by atoms with Crippen molar-refractivity contribution in [1.29, 1.82) is 0 Å². The Balaban J connectivity index is 3.53. The molecule has 0 aliphatic carbocycles. The Bertz CT molecular complexity index is 362. The average molecular weight is 252 g/mol. The summed E-state index contributed by atoms with van der Waals surface area (Å²) in [7, 11) is 0. The normalized spacial score (nSPS) is 11.9. The number of hydrogen-bond acceptors (Lipinski definition) is 0. The fourth-order valence-electron chi connectivity index (χ4n) is 1.38. The standard InChI is InChI=1S/C11H13Cl3/c1-6-7(12)5-8(13)9(10(6)14)11(2,3)4/h5H,1-4H3. The lowest BCUT2D eigenvalue weighted by molar-refractivity contribution is 0.590. The Kier molecular flexibility index (Phi) is 3.41. The summed E-state index contributed by atoms with van der Waals surface area (Å²) >= 11 is 18.3. The second-order valence-corrected chi connectivity index (χ2v) is 5.60. The Hall–Kier alpha value is 0.0900. The minimum absolute atomic E-state index is 0.0660. The first-order valence-corrected chi connectivity index (χ1v) is 5.53. The van der Waals surface area contributed by atoms with E-state index in [0.29, 0.717) is 15.1 Å². The number of halogens is 3. The molecule has 3 heteroatoms.